The number of hydrogen-bond donors (Lipinski definition) is 2. The van der Waals surface area contributed by atoms with E-state index in [1.807, 2.05) is 37.3 Å². The summed E-state index contributed by atoms with van der Waals surface area (Å²) in [7, 11) is 0. The summed E-state index contributed by atoms with van der Waals surface area (Å²) in [6.45, 7) is 2.40. The zero-order chi connectivity index (χ0) is 15.4. The van der Waals surface area contributed by atoms with Crippen molar-refractivity contribution in [3.05, 3.63) is 47.9 Å². The fraction of sp³-hybridized carbons (Fsp3) is 0.200. The van der Waals surface area contributed by atoms with Gasteiger partial charge in [-0.3, -0.25) is 14.9 Å². The number of para-hydroxylation sites is 1. The highest BCUT2D eigenvalue weighted by molar-refractivity contribution is 7.99. The van der Waals surface area contributed by atoms with Crippen molar-refractivity contribution in [3.8, 4) is 0 Å². The standard InChI is InChI=1S/C15H15N5OS/c1-10-18-15(20-19-10)22-7-6-16-14(21)12-8-11-4-2-3-5-13(11)17-9-12/h2-5,8-9H,6-7H2,1H3,(H,16,21)(H,18,19,20). The maximum Gasteiger partial charge on any atom is 0.252 e. The van der Waals surface area contributed by atoms with Crippen LogP contribution in [-0.4, -0.2) is 38.4 Å². The molecule has 0 aliphatic heterocycles. The first-order valence-electron chi connectivity index (χ1n) is 6.87. The molecule has 0 aliphatic carbocycles. The maximum atomic E-state index is 12.1. The Morgan fingerprint density at radius 1 is 1.36 bits per heavy atom. The Kier molecular flexibility index (Phi) is 4.34. The first kappa shape index (κ1) is 14.5. The number of benzene rings is 1. The first-order valence-corrected chi connectivity index (χ1v) is 7.86. The largest absolute Gasteiger partial charge is 0.351 e. The second-order valence-electron chi connectivity index (χ2n) is 4.72. The molecule has 1 aromatic carbocycles. The number of carbonyl (C=O) groups is 1. The smallest absolute Gasteiger partial charge is 0.252 e. The van der Waals surface area contributed by atoms with Gasteiger partial charge in [-0.25, -0.2) is 4.98 Å². The third kappa shape index (κ3) is 3.43. The normalized spacial score (nSPS) is 10.8. The van der Waals surface area contributed by atoms with Gasteiger partial charge in [-0.15, -0.1) is 5.10 Å². The van der Waals surface area contributed by atoms with Crippen LogP contribution < -0.4 is 5.32 Å². The van der Waals surface area contributed by atoms with Gasteiger partial charge in [0, 0.05) is 23.9 Å². The Bertz CT molecular complexity index is 801. The summed E-state index contributed by atoms with van der Waals surface area (Å²) in [5, 5.41) is 11.3. The Labute approximate surface area is 131 Å². The summed E-state index contributed by atoms with van der Waals surface area (Å²) in [4.78, 5) is 20.6. The summed E-state index contributed by atoms with van der Waals surface area (Å²) in [5.41, 5.74) is 1.45. The molecule has 0 aliphatic rings. The number of amides is 1. The van der Waals surface area contributed by atoms with Crippen LogP contribution >= 0.6 is 11.8 Å². The monoisotopic (exact) mass is 313 g/mol. The van der Waals surface area contributed by atoms with Gasteiger partial charge < -0.3 is 5.32 Å². The molecule has 0 saturated heterocycles. The molecule has 3 rings (SSSR count). The molecule has 0 fully saturated rings. The number of rotatable bonds is 5. The van der Waals surface area contributed by atoms with E-state index in [9.17, 15) is 4.79 Å². The fourth-order valence-electron chi connectivity index (χ4n) is 1.99. The van der Waals surface area contributed by atoms with Crippen molar-refractivity contribution in [3.63, 3.8) is 0 Å². The van der Waals surface area contributed by atoms with Gasteiger partial charge in [-0.1, -0.05) is 30.0 Å². The lowest BCUT2D eigenvalue weighted by Gasteiger charge is -2.05. The highest BCUT2D eigenvalue weighted by atomic mass is 32.2. The van der Waals surface area contributed by atoms with Crippen LogP contribution in [0, 0.1) is 6.92 Å². The highest BCUT2D eigenvalue weighted by Gasteiger charge is 2.07. The van der Waals surface area contributed by atoms with Gasteiger partial charge in [0.1, 0.15) is 5.82 Å². The van der Waals surface area contributed by atoms with Crippen molar-refractivity contribution < 1.29 is 4.79 Å². The zero-order valence-corrected chi connectivity index (χ0v) is 12.9. The van der Waals surface area contributed by atoms with E-state index < -0.39 is 0 Å². The van der Waals surface area contributed by atoms with Gasteiger partial charge in [0.15, 0.2) is 0 Å². The minimum atomic E-state index is -0.120. The molecule has 0 radical (unpaired) electrons. The van der Waals surface area contributed by atoms with Crippen LogP contribution in [0.3, 0.4) is 0 Å². The average Bonchev–Trinajstić information content (AvgIpc) is 2.96. The van der Waals surface area contributed by atoms with E-state index >= 15 is 0 Å². The van der Waals surface area contributed by atoms with Crippen LogP contribution in [0.2, 0.25) is 0 Å². The van der Waals surface area contributed by atoms with Crippen LogP contribution in [0.25, 0.3) is 10.9 Å². The predicted molar refractivity (Wildman–Crippen MR) is 85.9 cm³/mol. The number of thioether (sulfide) groups is 1. The Balaban J connectivity index is 1.54. The molecular formula is C15H15N5OS. The number of H-pyrrole nitrogens is 1. The van der Waals surface area contributed by atoms with Crippen molar-refractivity contribution >= 4 is 28.6 Å². The maximum absolute atomic E-state index is 12.1. The van der Waals surface area contributed by atoms with Gasteiger partial charge in [0.25, 0.3) is 5.91 Å². The third-order valence-corrected chi connectivity index (χ3v) is 3.90. The molecule has 1 amide bonds. The fourth-order valence-corrected chi connectivity index (χ4v) is 2.69. The van der Waals surface area contributed by atoms with Crippen molar-refractivity contribution in [2.75, 3.05) is 12.3 Å². The van der Waals surface area contributed by atoms with E-state index in [0.29, 0.717) is 23.0 Å². The molecule has 112 valence electrons. The van der Waals surface area contributed by atoms with E-state index in [4.69, 9.17) is 0 Å². The second kappa shape index (κ2) is 6.57. The molecule has 22 heavy (non-hydrogen) atoms. The number of pyridine rings is 1. The van der Waals surface area contributed by atoms with Crippen LogP contribution in [0.5, 0.6) is 0 Å². The van der Waals surface area contributed by atoms with Crippen molar-refractivity contribution in [1.82, 2.24) is 25.5 Å². The number of aromatic nitrogens is 4. The van der Waals surface area contributed by atoms with E-state index in [-0.39, 0.29) is 5.91 Å². The van der Waals surface area contributed by atoms with Gasteiger partial charge in [-0.2, -0.15) is 0 Å². The number of nitrogens with zero attached hydrogens (tertiary/aromatic N) is 3. The quantitative estimate of drug-likeness (QED) is 0.557. The van der Waals surface area contributed by atoms with Gasteiger partial charge >= 0.3 is 0 Å². The molecular weight excluding hydrogens is 298 g/mol. The number of aromatic amines is 1. The Morgan fingerprint density at radius 3 is 3.05 bits per heavy atom. The van der Waals surface area contributed by atoms with Crippen molar-refractivity contribution in [1.29, 1.82) is 0 Å². The topological polar surface area (TPSA) is 83.6 Å². The summed E-state index contributed by atoms with van der Waals surface area (Å²) in [5.74, 6) is 1.38. The van der Waals surface area contributed by atoms with E-state index in [1.54, 1.807) is 6.20 Å². The lowest BCUT2D eigenvalue weighted by molar-refractivity contribution is 0.0956. The predicted octanol–water partition coefficient (Wildman–Crippen LogP) is 2.18. The molecule has 3 aromatic rings. The molecule has 0 unspecified atom stereocenters. The van der Waals surface area contributed by atoms with Gasteiger partial charge in [-0.05, 0) is 19.1 Å². The SMILES string of the molecule is Cc1nc(SCCNC(=O)c2cnc3ccccc3c2)n[nH]1. The molecule has 0 spiro atoms. The van der Waals surface area contributed by atoms with Crippen LogP contribution in [0.15, 0.2) is 41.7 Å². The first-order chi connectivity index (χ1) is 10.7. The van der Waals surface area contributed by atoms with Crippen molar-refractivity contribution in [2.45, 2.75) is 12.1 Å². The zero-order valence-electron chi connectivity index (χ0n) is 12.0. The number of carbonyl (C=O) groups excluding carboxylic acids is 1. The van der Waals surface area contributed by atoms with Crippen LogP contribution in [-0.2, 0) is 0 Å². The van der Waals surface area contributed by atoms with E-state index in [1.165, 1.54) is 11.8 Å². The molecule has 6 nitrogen and oxygen atoms in total. The lowest BCUT2D eigenvalue weighted by Crippen LogP contribution is -2.25. The summed E-state index contributed by atoms with van der Waals surface area (Å²) in [6, 6.07) is 9.58. The Morgan fingerprint density at radius 2 is 2.23 bits per heavy atom. The third-order valence-electron chi connectivity index (χ3n) is 3.05. The number of nitrogens with one attached hydrogen (secondary N) is 2. The summed E-state index contributed by atoms with van der Waals surface area (Å²) < 4.78 is 0. The van der Waals surface area contributed by atoms with Crippen LogP contribution in [0.4, 0.5) is 0 Å². The van der Waals surface area contributed by atoms with Crippen molar-refractivity contribution in [2.24, 2.45) is 0 Å². The molecule has 0 atom stereocenters. The average molecular weight is 313 g/mol. The summed E-state index contributed by atoms with van der Waals surface area (Å²) >= 11 is 1.50. The molecule has 2 heterocycles. The molecule has 7 heteroatoms. The van der Waals surface area contributed by atoms with Crippen LogP contribution in [0.1, 0.15) is 16.2 Å². The minimum Gasteiger partial charge on any atom is -0.351 e. The lowest BCUT2D eigenvalue weighted by atomic mass is 10.1. The molecule has 0 saturated carbocycles. The molecule has 2 N–H and O–H groups in total. The summed E-state index contributed by atoms with van der Waals surface area (Å²) in [6.07, 6.45) is 1.60. The van der Waals surface area contributed by atoms with Gasteiger partial charge in [0.05, 0.1) is 11.1 Å². The number of fused-ring (bicyclic) bond motifs is 1. The van der Waals surface area contributed by atoms with E-state index in [0.717, 1.165) is 16.7 Å². The molecule has 2 aromatic heterocycles. The Hall–Kier alpha value is -2.41. The molecule has 0 bridgehead atoms. The van der Waals surface area contributed by atoms with Gasteiger partial charge in [0.2, 0.25) is 5.16 Å². The highest BCUT2D eigenvalue weighted by Crippen LogP contribution is 2.13. The van der Waals surface area contributed by atoms with E-state index in [2.05, 4.69) is 25.5 Å². The number of aryl methyl sites for hydroxylation is 1. The second-order valence-corrected chi connectivity index (χ2v) is 5.79. The minimum absolute atomic E-state index is 0.120. The number of hydrogen-bond acceptors (Lipinski definition) is 5.